The molecule has 0 saturated heterocycles. The Balaban J connectivity index is 1.99. The predicted octanol–water partition coefficient (Wildman–Crippen LogP) is 5.15. The highest BCUT2D eigenvalue weighted by Gasteiger charge is 2.31. The van der Waals surface area contributed by atoms with Gasteiger partial charge in [-0.3, -0.25) is 9.59 Å². The number of rotatable bonds is 9. The molecule has 0 aliphatic carbocycles. The lowest BCUT2D eigenvalue weighted by Crippen LogP contribution is -2.52. The van der Waals surface area contributed by atoms with Gasteiger partial charge < -0.3 is 10.2 Å². The molecule has 0 fully saturated rings. The molecule has 1 atom stereocenters. The van der Waals surface area contributed by atoms with Gasteiger partial charge in [0.15, 0.2) is 0 Å². The number of halogens is 1. The van der Waals surface area contributed by atoms with Crippen molar-refractivity contribution in [2.75, 3.05) is 0 Å². The highest BCUT2D eigenvalue weighted by molar-refractivity contribution is 5.89. The summed E-state index contributed by atoms with van der Waals surface area (Å²) in [5, 5.41) is 2.98. The Bertz CT molecular complexity index is 1110. The van der Waals surface area contributed by atoms with Gasteiger partial charge in [-0.1, -0.05) is 66.2 Å². The second kappa shape index (κ2) is 11.6. The minimum absolute atomic E-state index is 0.0624. The third kappa shape index (κ3) is 7.01. The van der Waals surface area contributed by atoms with Gasteiger partial charge >= 0.3 is 0 Å². The van der Waals surface area contributed by atoms with E-state index in [1.54, 1.807) is 17.0 Å². The molecular weight excluding hydrogens is 427 g/mol. The van der Waals surface area contributed by atoms with E-state index in [0.717, 1.165) is 27.8 Å². The Morgan fingerprint density at radius 1 is 0.912 bits per heavy atom. The van der Waals surface area contributed by atoms with Gasteiger partial charge in [0.25, 0.3) is 0 Å². The number of hydrogen-bond donors (Lipinski definition) is 1. The minimum atomic E-state index is -0.701. The summed E-state index contributed by atoms with van der Waals surface area (Å²) in [6, 6.07) is 21.1. The van der Waals surface area contributed by atoms with Crippen LogP contribution in [-0.2, 0) is 29.0 Å². The van der Waals surface area contributed by atoms with Crippen molar-refractivity contribution in [1.82, 2.24) is 10.2 Å². The molecule has 0 aliphatic rings. The molecule has 4 nitrogen and oxygen atoms in total. The van der Waals surface area contributed by atoms with Crippen molar-refractivity contribution >= 4 is 11.8 Å². The summed E-state index contributed by atoms with van der Waals surface area (Å²) < 4.78 is 13.5. The van der Waals surface area contributed by atoms with Gasteiger partial charge in [-0.2, -0.15) is 0 Å². The first-order valence-electron chi connectivity index (χ1n) is 11.7. The van der Waals surface area contributed by atoms with Gasteiger partial charge in [0.1, 0.15) is 11.9 Å². The molecule has 5 heteroatoms. The molecule has 3 rings (SSSR count). The largest absolute Gasteiger partial charge is 0.352 e. The molecule has 3 aromatic carbocycles. The van der Waals surface area contributed by atoms with Crippen LogP contribution in [0.25, 0.3) is 0 Å². The van der Waals surface area contributed by atoms with E-state index in [1.807, 2.05) is 76.2 Å². The summed E-state index contributed by atoms with van der Waals surface area (Å²) in [5.41, 5.74) is 4.79. The quantitative estimate of drug-likeness (QED) is 0.480. The number of amides is 2. The molecule has 34 heavy (non-hydrogen) atoms. The first-order valence-corrected chi connectivity index (χ1v) is 11.7. The SMILES string of the molecule is Cc1ccc(C)c(CC(=O)N(Cc2ccc(F)cc2)[C@@H](Cc2ccccc2)C(=O)NC(C)C)c1. The van der Waals surface area contributed by atoms with Gasteiger partial charge in [-0.05, 0) is 62.1 Å². The van der Waals surface area contributed by atoms with Crippen LogP contribution in [-0.4, -0.2) is 28.8 Å². The van der Waals surface area contributed by atoms with Crippen molar-refractivity contribution in [3.05, 3.63) is 106 Å². The Morgan fingerprint density at radius 2 is 1.59 bits per heavy atom. The Kier molecular flexibility index (Phi) is 8.58. The maximum absolute atomic E-state index is 13.7. The summed E-state index contributed by atoms with van der Waals surface area (Å²) in [6.07, 6.45) is 0.577. The number of carbonyl (C=O) groups is 2. The highest BCUT2D eigenvalue weighted by Crippen LogP contribution is 2.19. The van der Waals surface area contributed by atoms with Crippen molar-refractivity contribution in [2.45, 2.75) is 59.2 Å². The Labute approximate surface area is 201 Å². The van der Waals surface area contributed by atoms with E-state index < -0.39 is 6.04 Å². The standard InChI is InChI=1S/C29H33FN2O2/c1-20(2)31-29(34)27(17-23-8-6-5-7-9-23)32(19-24-12-14-26(30)15-13-24)28(33)18-25-16-21(3)10-11-22(25)4/h5-16,20,27H,17-19H2,1-4H3,(H,31,34)/t27-/m0/s1. The van der Waals surface area contributed by atoms with Crippen molar-refractivity contribution < 1.29 is 14.0 Å². The molecule has 0 radical (unpaired) electrons. The molecule has 0 aliphatic heterocycles. The monoisotopic (exact) mass is 460 g/mol. The molecule has 2 amide bonds. The fourth-order valence-corrected chi connectivity index (χ4v) is 3.98. The van der Waals surface area contributed by atoms with E-state index in [0.29, 0.717) is 6.42 Å². The lowest BCUT2D eigenvalue weighted by molar-refractivity contribution is -0.141. The number of hydrogen-bond acceptors (Lipinski definition) is 2. The van der Waals surface area contributed by atoms with Crippen LogP contribution < -0.4 is 5.32 Å². The zero-order chi connectivity index (χ0) is 24.7. The molecular formula is C29H33FN2O2. The van der Waals surface area contributed by atoms with Gasteiger partial charge in [-0.15, -0.1) is 0 Å². The second-order valence-electron chi connectivity index (χ2n) is 9.12. The van der Waals surface area contributed by atoms with Crippen LogP contribution in [0.4, 0.5) is 4.39 Å². The third-order valence-electron chi connectivity index (χ3n) is 5.81. The average Bonchev–Trinajstić information content (AvgIpc) is 2.80. The van der Waals surface area contributed by atoms with E-state index in [2.05, 4.69) is 5.32 Å². The van der Waals surface area contributed by atoms with E-state index in [-0.39, 0.29) is 36.6 Å². The number of benzene rings is 3. The first-order chi connectivity index (χ1) is 16.2. The van der Waals surface area contributed by atoms with Crippen molar-refractivity contribution in [2.24, 2.45) is 0 Å². The van der Waals surface area contributed by atoms with Crippen molar-refractivity contribution in [1.29, 1.82) is 0 Å². The third-order valence-corrected chi connectivity index (χ3v) is 5.81. The molecule has 0 spiro atoms. The maximum atomic E-state index is 13.7. The molecule has 0 unspecified atom stereocenters. The van der Waals surface area contributed by atoms with E-state index >= 15 is 0 Å². The van der Waals surface area contributed by atoms with Crippen LogP contribution in [0.1, 0.15) is 41.7 Å². The van der Waals surface area contributed by atoms with E-state index in [1.165, 1.54) is 12.1 Å². The highest BCUT2D eigenvalue weighted by atomic mass is 19.1. The molecule has 0 bridgehead atoms. The summed E-state index contributed by atoms with van der Waals surface area (Å²) in [4.78, 5) is 28.7. The molecule has 0 heterocycles. The Hall–Kier alpha value is -3.47. The fourth-order valence-electron chi connectivity index (χ4n) is 3.98. The normalized spacial score (nSPS) is 11.8. The lowest BCUT2D eigenvalue weighted by Gasteiger charge is -2.32. The Morgan fingerprint density at radius 3 is 2.24 bits per heavy atom. The second-order valence-corrected chi connectivity index (χ2v) is 9.12. The van der Waals surface area contributed by atoms with Gasteiger partial charge in [0.2, 0.25) is 11.8 Å². The zero-order valence-electron chi connectivity index (χ0n) is 20.3. The topological polar surface area (TPSA) is 49.4 Å². The van der Waals surface area contributed by atoms with Crippen molar-refractivity contribution in [3.63, 3.8) is 0 Å². The van der Waals surface area contributed by atoms with Gasteiger partial charge in [0, 0.05) is 19.0 Å². The van der Waals surface area contributed by atoms with Crippen LogP contribution >= 0.6 is 0 Å². The number of nitrogens with one attached hydrogen (secondary N) is 1. The van der Waals surface area contributed by atoms with E-state index in [9.17, 15) is 14.0 Å². The van der Waals surface area contributed by atoms with Crippen LogP contribution in [0.2, 0.25) is 0 Å². The molecule has 178 valence electrons. The molecule has 0 saturated carbocycles. The van der Waals surface area contributed by atoms with Gasteiger partial charge in [0.05, 0.1) is 6.42 Å². The smallest absolute Gasteiger partial charge is 0.243 e. The van der Waals surface area contributed by atoms with Crippen LogP contribution in [0, 0.1) is 19.7 Å². The summed E-state index contributed by atoms with van der Waals surface area (Å²) in [7, 11) is 0. The van der Waals surface area contributed by atoms with Crippen LogP contribution in [0.15, 0.2) is 72.8 Å². The number of carbonyl (C=O) groups excluding carboxylic acids is 2. The fraction of sp³-hybridized carbons (Fsp3) is 0.310. The zero-order valence-corrected chi connectivity index (χ0v) is 20.3. The first kappa shape index (κ1) is 25.2. The summed E-state index contributed by atoms with van der Waals surface area (Å²) in [5.74, 6) is -0.677. The summed E-state index contributed by atoms with van der Waals surface area (Å²) in [6.45, 7) is 8.00. The maximum Gasteiger partial charge on any atom is 0.243 e. The average molecular weight is 461 g/mol. The van der Waals surface area contributed by atoms with Gasteiger partial charge in [-0.25, -0.2) is 4.39 Å². The van der Waals surface area contributed by atoms with Crippen molar-refractivity contribution in [3.8, 4) is 0 Å². The predicted molar refractivity (Wildman–Crippen MR) is 134 cm³/mol. The number of aryl methyl sites for hydroxylation is 2. The summed E-state index contributed by atoms with van der Waals surface area (Å²) >= 11 is 0. The minimum Gasteiger partial charge on any atom is -0.352 e. The van der Waals surface area contributed by atoms with Crippen LogP contribution in [0.3, 0.4) is 0 Å². The lowest BCUT2D eigenvalue weighted by atomic mass is 9.99. The molecule has 0 aromatic heterocycles. The van der Waals surface area contributed by atoms with Crippen LogP contribution in [0.5, 0.6) is 0 Å². The van der Waals surface area contributed by atoms with E-state index in [4.69, 9.17) is 0 Å². The number of nitrogens with zero attached hydrogens (tertiary/aromatic N) is 1. The molecule has 3 aromatic rings. The molecule has 1 N–H and O–H groups in total.